The van der Waals surface area contributed by atoms with E-state index in [4.69, 9.17) is 4.42 Å². The van der Waals surface area contributed by atoms with Crippen LogP contribution in [-0.2, 0) is 11.9 Å². The maximum Gasteiger partial charge on any atom is 0.255 e. The summed E-state index contributed by atoms with van der Waals surface area (Å²) in [6.45, 7) is 2.30. The van der Waals surface area contributed by atoms with Crippen LogP contribution in [0.4, 0.5) is 0 Å². The molecule has 0 radical (unpaired) electrons. The summed E-state index contributed by atoms with van der Waals surface area (Å²) in [6, 6.07) is 9.77. The fraction of sp³-hybridized carbons (Fsp3) is 0.214. The van der Waals surface area contributed by atoms with Crippen LogP contribution in [0.25, 0.3) is 0 Å². The zero-order valence-corrected chi connectivity index (χ0v) is 11.7. The van der Waals surface area contributed by atoms with E-state index in [1.54, 1.807) is 13.0 Å². The molecule has 1 aromatic carbocycles. The van der Waals surface area contributed by atoms with Crippen LogP contribution in [0.3, 0.4) is 0 Å². The molecular formula is C14H14BrNO2. The molecule has 1 N–H and O–H groups in total. The number of aryl methyl sites for hydroxylation is 1. The van der Waals surface area contributed by atoms with Gasteiger partial charge in [-0.3, -0.25) is 4.79 Å². The third-order valence-corrected chi connectivity index (χ3v) is 3.35. The average Bonchev–Trinajstić information content (AvgIpc) is 2.82. The minimum Gasteiger partial charge on any atom is -0.469 e. The molecular weight excluding hydrogens is 294 g/mol. The van der Waals surface area contributed by atoms with Crippen molar-refractivity contribution in [2.75, 3.05) is 0 Å². The molecule has 0 spiro atoms. The Hall–Kier alpha value is -1.55. The van der Waals surface area contributed by atoms with Crippen molar-refractivity contribution >= 4 is 21.8 Å². The minimum absolute atomic E-state index is 0.106. The number of carbonyl (C=O) groups is 1. The van der Waals surface area contributed by atoms with Crippen LogP contribution in [0, 0.1) is 6.92 Å². The third-order valence-electron chi connectivity index (χ3n) is 2.70. The van der Waals surface area contributed by atoms with Crippen molar-refractivity contribution in [2.24, 2.45) is 0 Å². The number of amides is 1. The molecule has 4 heteroatoms. The standard InChI is InChI=1S/C14H14BrNO2/c1-10-13(5-6-18-10)14(17)16-9-12-4-2-3-11(7-12)8-15/h2-7H,8-9H2,1H3,(H,16,17). The molecule has 18 heavy (non-hydrogen) atoms. The van der Waals surface area contributed by atoms with E-state index in [0.717, 1.165) is 10.9 Å². The Morgan fingerprint density at radius 1 is 1.33 bits per heavy atom. The molecule has 0 aliphatic carbocycles. The molecule has 94 valence electrons. The Kier molecular flexibility index (Phi) is 4.20. The highest BCUT2D eigenvalue weighted by Gasteiger charge is 2.10. The normalized spacial score (nSPS) is 10.3. The van der Waals surface area contributed by atoms with E-state index in [2.05, 4.69) is 27.3 Å². The van der Waals surface area contributed by atoms with Gasteiger partial charge in [-0.2, -0.15) is 0 Å². The number of rotatable bonds is 4. The zero-order valence-electron chi connectivity index (χ0n) is 10.1. The summed E-state index contributed by atoms with van der Waals surface area (Å²) in [7, 11) is 0. The molecule has 3 nitrogen and oxygen atoms in total. The molecule has 0 bridgehead atoms. The van der Waals surface area contributed by atoms with Gasteiger partial charge in [0, 0.05) is 11.9 Å². The molecule has 1 heterocycles. The molecule has 1 aromatic heterocycles. The van der Waals surface area contributed by atoms with Crippen LogP contribution in [0.15, 0.2) is 41.0 Å². The van der Waals surface area contributed by atoms with Crippen LogP contribution in [0.1, 0.15) is 27.2 Å². The quantitative estimate of drug-likeness (QED) is 0.880. The monoisotopic (exact) mass is 307 g/mol. The lowest BCUT2D eigenvalue weighted by atomic mass is 10.1. The van der Waals surface area contributed by atoms with E-state index < -0.39 is 0 Å². The van der Waals surface area contributed by atoms with E-state index in [1.807, 2.05) is 18.2 Å². The molecule has 1 amide bonds. The van der Waals surface area contributed by atoms with E-state index in [1.165, 1.54) is 11.8 Å². The van der Waals surface area contributed by atoms with Crippen molar-refractivity contribution < 1.29 is 9.21 Å². The lowest BCUT2D eigenvalue weighted by Crippen LogP contribution is -2.22. The van der Waals surface area contributed by atoms with Crippen LogP contribution in [0.5, 0.6) is 0 Å². The fourth-order valence-electron chi connectivity index (χ4n) is 1.72. The van der Waals surface area contributed by atoms with Gasteiger partial charge in [0.05, 0.1) is 11.8 Å². The number of furan rings is 1. The first-order chi connectivity index (χ1) is 8.70. The van der Waals surface area contributed by atoms with Gasteiger partial charge in [0.15, 0.2) is 0 Å². The number of halogens is 1. The molecule has 0 unspecified atom stereocenters. The van der Waals surface area contributed by atoms with Gasteiger partial charge in [-0.05, 0) is 24.1 Å². The highest BCUT2D eigenvalue weighted by molar-refractivity contribution is 9.08. The Morgan fingerprint density at radius 2 is 2.11 bits per heavy atom. The van der Waals surface area contributed by atoms with Crippen molar-refractivity contribution in [1.29, 1.82) is 0 Å². The highest BCUT2D eigenvalue weighted by atomic mass is 79.9. The number of hydrogen-bond donors (Lipinski definition) is 1. The maximum atomic E-state index is 11.9. The van der Waals surface area contributed by atoms with Crippen molar-refractivity contribution in [3.05, 3.63) is 59.0 Å². The number of carbonyl (C=O) groups excluding carboxylic acids is 1. The number of nitrogens with one attached hydrogen (secondary N) is 1. The topological polar surface area (TPSA) is 42.2 Å². The van der Waals surface area contributed by atoms with Crippen molar-refractivity contribution in [3.63, 3.8) is 0 Å². The average molecular weight is 308 g/mol. The molecule has 0 fully saturated rings. The molecule has 0 saturated heterocycles. The van der Waals surface area contributed by atoms with Crippen molar-refractivity contribution in [3.8, 4) is 0 Å². The second-order valence-corrected chi connectivity index (χ2v) is 4.59. The van der Waals surface area contributed by atoms with Gasteiger partial charge in [-0.15, -0.1) is 0 Å². The summed E-state index contributed by atoms with van der Waals surface area (Å²) in [4.78, 5) is 11.9. The Balaban J connectivity index is 1.99. The summed E-state index contributed by atoms with van der Waals surface area (Å²) >= 11 is 3.41. The van der Waals surface area contributed by atoms with Gasteiger partial charge in [-0.1, -0.05) is 40.2 Å². The maximum absolute atomic E-state index is 11.9. The first kappa shape index (κ1) is 12.9. The predicted molar refractivity (Wildman–Crippen MR) is 73.7 cm³/mol. The first-order valence-corrected chi connectivity index (χ1v) is 6.79. The lowest BCUT2D eigenvalue weighted by Gasteiger charge is -2.05. The molecule has 2 rings (SSSR count). The summed E-state index contributed by atoms with van der Waals surface area (Å²) in [5.74, 6) is 0.534. The molecule has 0 atom stereocenters. The van der Waals surface area contributed by atoms with Gasteiger partial charge >= 0.3 is 0 Å². The number of benzene rings is 1. The van der Waals surface area contributed by atoms with Gasteiger partial charge < -0.3 is 9.73 Å². The smallest absolute Gasteiger partial charge is 0.255 e. The van der Waals surface area contributed by atoms with E-state index in [0.29, 0.717) is 17.9 Å². The van der Waals surface area contributed by atoms with Crippen molar-refractivity contribution in [2.45, 2.75) is 18.8 Å². The number of hydrogen-bond acceptors (Lipinski definition) is 2. The lowest BCUT2D eigenvalue weighted by molar-refractivity contribution is 0.0949. The van der Waals surface area contributed by atoms with Crippen LogP contribution in [-0.4, -0.2) is 5.91 Å². The second-order valence-electron chi connectivity index (χ2n) is 4.03. The predicted octanol–water partition coefficient (Wildman–Crippen LogP) is 3.41. The Labute approximate surface area is 114 Å². The summed E-state index contributed by atoms with van der Waals surface area (Å²) in [5.41, 5.74) is 2.87. The molecule has 0 aliphatic heterocycles. The van der Waals surface area contributed by atoms with Crippen LogP contribution < -0.4 is 5.32 Å². The van der Waals surface area contributed by atoms with Gasteiger partial charge in [0.1, 0.15) is 5.76 Å². The summed E-state index contributed by atoms with van der Waals surface area (Å²) in [6.07, 6.45) is 1.52. The zero-order chi connectivity index (χ0) is 13.0. The third kappa shape index (κ3) is 3.01. The minimum atomic E-state index is -0.106. The highest BCUT2D eigenvalue weighted by Crippen LogP contribution is 2.11. The second kappa shape index (κ2) is 5.87. The summed E-state index contributed by atoms with van der Waals surface area (Å²) in [5, 5.41) is 3.69. The Morgan fingerprint density at radius 3 is 2.78 bits per heavy atom. The van der Waals surface area contributed by atoms with Gasteiger partial charge in [0.25, 0.3) is 5.91 Å². The van der Waals surface area contributed by atoms with Gasteiger partial charge in [0.2, 0.25) is 0 Å². The SMILES string of the molecule is Cc1occc1C(=O)NCc1cccc(CBr)c1. The van der Waals surface area contributed by atoms with Crippen LogP contribution >= 0.6 is 15.9 Å². The first-order valence-electron chi connectivity index (χ1n) is 5.67. The molecule has 2 aromatic rings. The largest absolute Gasteiger partial charge is 0.469 e. The van der Waals surface area contributed by atoms with E-state index in [9.17, 15) is 4.79 Å². The molecule has 0 aliphatic rings. The van der Waals surface area contributed by atoms with E-state index in [-0.39, 0.29) is 5.91 Å². The van der Waals surface area contributed by atoms with E-state index >= 15 is 0 Å². The van der Waals surface area contributed by atoms with Crippen molar-refractivity contribution in [1.82, 2.24) is 5.32 Å². The van der Waals surface area contributed by atoms with Gasteiger partial charge in [-0.25, -0.2) is 0 Å². The fourth-order valence-corrected chi connectivity index (χ4v) is 2.07. The number of alkyl halides is 1. The summed E-state index contributed by atoms with van der Waals surface area (Å²) < 4.78 is 5.11. The Bertz CT molecular complexity index is 548. The van der Waals surface area contributed by atoms with Crippen LogP contribution in [0.2, 0.25) is 0 Å². The molecule has 0 saturated carbocycles.